The van der Waals surface area contributed by atoms with Gasteiger partial charge in [-0.2, -0.15) is 18.2 Å². The van der Waals surface area contributed by atoms with Gasteiger partial charge in [-0.1, -0.05) is 43.7 Å². The topological polar surface area (TPSA) is 71.2 Å². The number of hydrogen-bond acceptors (Lipinski definition) is 6. The molecule has 1 atom stereocenters. The molecule has 0 fully saturated rings. The Hall–Kier alpha value is -2.98. The number of hydrogen-bond donors (Lipinski definition) is 1. The molecule has 1 aliphatic heterocycles. The Balaban J connectivity index is 1.46. The number of thiophene rings is 1. The Labute approximate surface area is 192 Å². The number of anilines is 1. The van der Waals surface area contributed by atoms with Gasteiger partial charge in [-0.3, -0.25) is 4.57 Å². The van der Waals surface area contributed by atoms with E-state index in [2.05, 4.69) is 29.0 Å². The van der Waals surface area contributed by atoms with Gasteiger partial charge in [-0.15, -0.1) is 11.3 Å². The van der Waals surface area contributed by atoms with Crippen LogP contribution in [0.4, 0.5) is 19.1 Å². The second-order valence-corrected chi connectivity index (χ2v) is 9.03. The van der Waals surface area contributed by atoms with Crippen LogP contribution in [-0.2, 0) is 19.1 Å². The lowest BCUT2D eigenvalue weighted by Crippen LogP contribution is -2.40. The van der Waals surface area contributed by atoms with Crippen molar-refractivity contribution < 1.29 is 18.3 Å². The largest absolute Gasteiger partial charge is 0.425 e. The Bertz CT molecular complexity index is 1200. The number of aryl methyl sites for hydroxylation is 1. The predicted octanol–water partition coefficient (Wildman–Crippen LogP) is 3.98. The molecule has 1 N–H and O–H groups in total. The zero-order chi connectivity index (χ0) is 23.6. The number of aliphatic hydroxyl groups excluding tert-OH is 1. The van der Waals surface area contributed by atoms with Crippen molar-refractivity contribution in [1.82, 2.24) is 14.5 Å². The number of aromatic nitrogens is 3. The average Bonchev–Trinajstić information content (AvgIpc) is 3.25. The minimum atomic E-state index is -4.41. The predicted molar refractivity (Wildman–Crippen MR) is 121 cm³/mol. The van der Waals surface area contributed by atoms with Crippen LogP contribution in [-0.4, -0.2) is 38.8 Å². The van der Waals surface area contributed by atoms with Crippen molar-refractivity contribution in [2.45, 2.75) is 38.6 Å². The number of nitrogens with zero attached hydrogens (tertiary/aromatic N) is 4. The third kappa shape index (κ3) is 5.33. The minimum absolute atomic E-state index is 0.0411. The number of halogens is 3. The number of benzene rings is 1. The molecule has 4 rings (SSSR count). The average molecular weight is 477 g/mol. The molecule has 0 spiro atoms. The second kappa shape index (κ2) is 9.48. The first kappa shape index (κ1) is 23.2. The van der Waals surface area contributed by atoms with E-state index in [9.17, 15) is 23.1 Å². The van der Waals surface area contributed by atoms with Gasteiger partial charge in [0.15, 0.2) is 0 Å². The normalized spacial score (nSPS) is 16.7. The summed E-state index contributed by atoms with van der Waals surface area (Å²) in [5.41, 5.74) is 2.41. The van der Waals surface area contributed by atoms with Crippen molar-refractivity contribution in [3.8, 4) is 0 Å². The first-order valence-electron chi connectivity index (χ1n) is 10.6. The number of alkyl halides is 3. The highest BCUT2D eigenvalue weighted by Crippen LogP contribution is 2.34. The second-order valence-electron chi connectivity index (χ2n) is 7.86. The highest BCUT2D eigenvalue weighted by Gasteiger charge is 2.32. The molecule has 0 amide bonds. The molecule has 0 aliphatic carbocycles. The maximum Gasteiger partial charge on any atom is 0.425 e. The van der Waals surface area contributed by atoms with E-state index in [0.29, 0.717) is 22.8 Å². The van der Waals surface area contributed by atoms with Gasteiger partial charge < -0.3 is 10.0 Å². The quantitative estimate of drug-likeness (QED) is 0.583. The first-order chi connectivity index (χ1) is 15.7. The van der Waals surface area contributed by atoms with Crippen LogP contribution in [0.15, 0.2) is 53.6 Å². The fourth-order valence-electron chi connectivity index (χ4n) is 3.75. The molecule has 0 unspecified atom stereocenters. The monoisotopic (exact) mass is 476 g/mol. The Morgan fingerprint density at radius 3 is 2.55 bits per heavy atom. The van der Waals surface area contributed by atoms with Crippen molar-refractivity contribution in [2.24, 2.45) is 0 Å². The van der Waals surface area contributed by atoms with Crippen molar-refractivity contribution in [2.75, 3.05) is 18.0 Å². The van der Waals surface area contributed by atoms with Gasteiger partial charge in [-0.05, 0) is 35.3 Å². The van der Waals surface area contributed by atoms with Crippen LogP contribution in [0.2, 0.25) is 0 Å². The van der Waals surface area contributed by atoms with E-state index in [4.69, 9.17) is 0 Å². The fraction of sp³-hybridized carbons (Fsp3) is 0.348. The highest BCUT2D eigenvalue weighted by atomic mass is 32.1. The van der Waals surface area contributed by atoms with Crippen LogP contribution in [0.5, 0.6) is 0 Å². The van der Waals surface area contributed by atoms with Gasteiger partial charge >= 0.3 is 11.9 Å². The lowest BCUT2D eigenvalue weighted by Gasteiger charge is -2.30. The fourth-order valence-corrected chi connectivity index (χ4v) is 4.62. The van der Waals surface area contributed by atoms with E-state index >= 15 is 0 Å². The molecule has 174 valence electrons. The summed E-state index contributed by atoms with van der Waals surface area (Å²) in [6, 6.07) is 10.5. The Kier molecular flexibility index (Phi) is 6.66. The third-order valence-corrected chi connectivity index (χ3v) is 6.53. The molecule has 3 heterocycles. The SMILES string of the molecule is CCCc1ccc(C2=CCN(c3ncn(Cc4ccc(C(F)(F)F)s4)c(=O)n3)C[C@H]2O)cc1. The van der Waals surface area contributed by atoms with Gasteiger partial charge in [0, 0.05) is 11.4 Å². The molecule has 10 heteroatoms. The minimum Gasteiger partial charge on any atom is -0.387 e. The zero-order valence-electron chi connectivity index (χ0n) is 17.9. The van der Waals surface area contributed by atoms with Crippen molar-refractivity contribution in [3.05, 3.63) is 80.2 Å². The molecule has 0 saturated heterocycles. The molecule has 3 aromatic rings. The molecule has 6 nitrogen and oxygen atoms in total. The van der Waals surface area contributed by atoms with Gasteiger partial charge in [0.05, 0.1) is 19.2 Å². The molecule has 2 aromatic heterocycles. The van der Waals surface area contributed by atoms with E-state index in [1.807, 2.05) is 18.2 Å². The van der Waals surface area contributed by atoms with Crippen molar-refractivity contribution >= 4 is 22.9 Å². The van der Waals surface area contributed by atoms with Crippen LogP contribution in [0.1, 0.15) is 34.2 Å². The van der Waals surface area contributed by atoms with Crippen LogP contribution < -0.4 is 10.6 Å². The van der Waals surface area contributed by atoms with E-state index < -0.39 is 22.8 Å². The standard InChI is InChI=1S/C23H23F3N4O2S/c1-2-3-15-4-6-16(7-5-15)18-10-11-29(13-19(18)31)21-27-14-30(22(32)28-21)12-17-8-9-20(33-17)23(24,25)26/h4-10,14,19,31H,2-3,11-13H2,1H3/t19-/m1/s1. The summed E-state index contributed by atoms with van der Waals surface area (Å²) in [6.45, 7) is 2.74. The molecular weight excluding hydrogens is 453 g/mol. The molecule has 0 radical (unpaired) electrons. The van der Waals surface area contributed by atoms with E-state index in [1.54, 1.807) is 4.90 Å². The summed E-state index contributed by atoms with van der Waals surface area (Å²) in [7, 11) is 0. The molecular formula is C23H23F3N4O2S. The van der Waals surface area contributed by atoms with Crippen LogP contribution >= 0.6 is 11.3 Å². The van der Waals surface area contributed by atoms with Crippen molar-refractivity contribution in [1.29, 1.82) is 0 Å². The summed E-state index contributed by atoms with van der Waals surface area (Å²) < 4.78 is 39.5. The molecule has 0 bridgehead atoms. The molecule has 1 aliphatic rings. The Morgan fingerprint density at radius 2 is 1.94 bits per heavy atom. The van der Waals surface area contributed by atoms with Gasteiger partial charge in [0.1, 0.15) is 11.2 Å². The molecule has 0 saturated carbocycles. The zero-order valence-corrected chi connectivity index (χ0v) is 18.7. The Morgan fingerprint density at radius 1 is 1.18 bits per heavy atom. The number of rotatable bonds is 6. The number of β-amino-alcohol motifs (C(OH)–C–C–N with tert-alkyl or cyclic N) is 1. The first-order valence-corrected chi connectivity index (χ1v) is 11.4. The lowest BCUT2D eigenvalue weighted by molar-refractivity contribution is -0.134. The summed E-state index contributed by atoms with van der Waals surface area (Å²) in [5.74, 6) is 0.172. The summed E-state index contributed by atoms with van der Waals surface area (Å²) in [6.07, 6.45) is 0.0636. The molecule has 33 heavy (non-hydrogen) atoms. The maximum atomic E-state index is 12.8. The highest BCUT2D eigenvalue weighted by molar-refractivity contribution is 7.12. The van der Waals surface area contributed by atoms with Gasteiger partial charge in [0.25, 0.3) is 0 Å². The smallest absolute Gasteiger partial charge is 0.387 e. The van der Waals surface area contributed by atoms with E-state index in [1.165, 1.54) is 18.0 Å². The summed E-state index contributed by atoms with van der Waals surface area (Å²) in [5, 5.41) is 10.7. The van der Waals surface area contributed by atoms with Crippen LogP contribution in [0.25, 0.3) is 5.57 Å². The van der Waals surface area contributed by atoms with Crippen LogP contribution in [0.3, 0.4) is 0 Å². The summed E-state index contributed by atoms with van der Waals surface area (Å²) in [4.78, 5) is 22.0. The maximum absolute atomic E-state index is 12.8. The van der Waals surface area contributed by atoms with Gasteiger partial charge in [-0.25, -0.2) is 9.78 Å². The van der Waals surface area contributed by atoms with Gasteiger partial charge in [0.2, 0.25) is 5.95 Å². The van der Waals surface area contributed by atoms with Crippen molar-refractivity contribution in [3.63, 3.8) is 0 Å². The van der Waals surface area contributed by atoms with E-state index in [0.717, 1.165) is 34.6 Å². The summed E-state index contributed by atoms with van der Waals surface area (Å²) >= 11 is 0.586. The lowest BCUT2D eigenvalue weighted by atomic mass is 9.95. The number of aliphatic hydroxyl groups is 1. The van der Waals surface area contributed by atoms with Crippen LogP contribution in [0, 0.1) is 0 Å². The third-order valence-electron chi connectivity index (χ3n) is 5.41. The molecule has 1 aromatic carbocycles. The van der Waals surface area contributed by atoms with E-state index in [-0.39, 0.29) is 19.0 Å².